The second-order valence-electron chi connectivity index (χ2n) is 8.63. The number of hydrazine groups is 1. The highest BCUT2D eigenvalue weighted by atomic mass is 16.6. The number of hydrogen-bond donors (Lipinski definition) is 1. The molecule has 0 bridgehead atoms. The number of nitrogens with one attached hydrogen (secondary N) is 1. The Balaban J connectivity index is 1.62. The smallest absolute Gasteiger partial charge is 0.428 e. The van der Waals surface area contributed by atoms with E-state index in [-0.39, 0.29) is 40.9 Å². The normalized spacial score (nSPS) is 23.3. The molecule has 0 saturated carbocycles. The standard InChI is InChI=1S/C24H24N4O5/c1-14(29)26-13-20-16(12-27(26)24(30)33-2)10-19-18-11-17(28(31)32)8-9-21(18)25-23(19)22(20)15-6-4-3-5-7-15/h3-9,11,19,22-23,25H,10,12-13H2,1-2H3/t19-,22?,23+/m0/s1. The molecule has 0 spiro atoms. The highest BCUT2D eigenvalue weighted by molar-refractivity contribution is 5.79. The Morgan fingerprint density at radius 3 is 2.55 bits per heavy atom. The van der Waals surface area contributed by atoms with Gasteiger partial charge in [-0.15, -0.1) is 0 Å². The SMILES string of the molecule is COC(=O)N1CC2=C(CN1C(C)=O)C(c1ccccc1)[C@@H]1Nc3ccc([N+](=O)[O-])cc3[C@@H]1C2. The second kappa shape index (κ2) is 7.91. The van der Waals surface area contributed by atoms with Crippen LogP contribution in [0.25, 0.3) is 0 Å². The number of methoxy groups -OCH3 is 1. The average Bonchev–Trinajstić information content (AvgIpc) is 3.18. The number of nitro groups is 1. The van der Waals surface area contributed by atoms with Gasteiger partial charge in [-0.05, 0) is 34.8 Å². The van der Waals surface area contributed by atoms with Crippen LogP contribution >= 0.6 is 0 Å². The molecule has 3 atom stereocenters. The van der Waals surface area contributed by atoms with Gasteiger partial charge >= 0.3 is 6.09 Å². The van der Waals surface area contributed by atoms with Gasteiger partial charge < -0.3 is 10.1 Å². The Labute approximate surface area is 190 Å². The number of nitro benzene ring substituents is 1. The number of nitrogens with zero attached hydrogens (tertiary/aromatic N) is 3. The summed E-state index contributed by atoms with van der Waals surface area (Å²) >= 11 is 0. The summed E-state index contributed by atoms with van der Waals surface area (Å²) in [6.45, 7) is 1.98. The van der Waals surface area contributed by atoms with E-state index in [0.29, 0.717) is 13.0 Å². The van der Waals surface area contributed by atoms with Crippen LogP contribution < -0.4 is 5.32 Å². The van der Waals surface area contributed by atoms with Crippen LogP contribution in [0.3, 0.4) is 0 Å². The Morgan fingerprint density at radius 1 is 1.12 bits per heavy atom. The first-order valence-corrected chi connectivity index (χ1v) is 10.8. The van der Waals surface area contributed by atoms with E-state index in [1.54, 1.807) is 12.1 Å². The van der Waals surface area contributed by atoms with E-state index < -0.39 is 6.09 Å². The maximum Gasteiger partial charge on any atom is 0.428 e. The summed E-state index contributed by atoms with van der Waals surface area (Å²) in [6.07, 6.45) is 0.0553. The van der Waals surface area contributed by atoms with Gasteiger partial charge in [-0.3, -0.25) is 14.9 Å². The van der Waals surface area contributed by atoms with Gasteiger partial charge in [-0.2, -0.15) is 0 Å². The van der Waals surface area contributed by atoms with Gasteiger partial charge in [-0.1, -0.05) is 30.3 Å². The highest BCUT2D eigenvalue weighted by Gasteiger charge is 2.47. The molecule has 5 rings (SSSR count). The molecule has 1 N–H and O–H groups in total. The third kappa shape index (κ3) is 3.40. The van der Waals surface area contributed by atoms with Crippen LogP contribution in [0.2, 0.25) is 0 Å². The Kier molecular flexibility index (Phi) is 5.03. The Bertz CT molecular complexity index is 1180. The molecule has 2 heterocycles. The lowest BCUT2D eigenvalue weighted by Gasteiger charge is -2.46. The summed E-state index contributed by atoms with van der Waals surface area (Å²) in [7, 11) is 1.30. The van der Waals surface area contributed by atoms with E-state index in [1.165, 1.54) is 30.1 Å². The molecule has 0 fully saturated rings. The lowest BCUT2D eigenvalue weighted by atomic mass is 9.69. The highest BCUT2D eigenvalue weighted by Crippen LogP contribution is 2.53. The van der Waals surface area contributed by atoms with Crippen LogP contribution in [0.5, 0.6) is 0 Å². The van der Waals surface area contributed by atoms with E-state index in [1.807, 2.05) is 18.2 Å². The van der Waals surface area contributed by atoms with Crippen molar-refractivity contribution in [2.75, 3.05) is 25.5 Å². The monoisotopic (exact) mass is 448 g/mol. The lowest BCUT2D eigenvalue weighted by molar-refractivity contribution is -0.384. The fourth-order valence-electron chi connectivity index (χ4n) is 5.47. The van der Waals surface area contributed by atoms with Gasteiger partial charge in [-0.25, -0.2) is 14.8 Å². The van der Waals surface area contributed by atoms with Crippen molar-refractivity contribution in [2.24, 2.45) is 0 Å². The molecule has 1 aliphatic carbocycles. The van der Waals surface area contributed by atoms with Gasteiger partial charge in [0.2, 0.25) is 5.91 Å². The minimum Gasteiger partial charge on any atom is -0.452 e. The van der Waals surface area contributed by atoms with Crippen molar-refractivity contribution in [3.63, 3.8) is 0 Å². The first-order valence-electron chi connectivity index (χ1n) is 10.8. The number of carbonyl (C=O) groups excluding carboxylic acids is 2. The lowest BCUT2D eigenvalue weighted by Crippen LogP contribution is -2.55. The van der Waals surface area contributed by atoms with Gasteiger partial charge in [0.1, 0.15) is 0 Å². The van der Waals surface area contributed by atoms with E-state index in [9.17, 15) is 19.7 Å². The molecule has 0 aromatic heterocycles. The minimum absolute atomic E-state index is 0.00670. The predicted molar refractivity (Wildman–Crippen MR) is 121 cm³/mol. The minimum atomic E-state index is -0.587. The summed E-state index contributed by atoms with van der Waals surface area (Å²) in [5, 5.41) is 17.8. The Hall–Kier alpha value is -3.88. The zero-order valence-corrected chi connectivity index (χ0v) is 18.4. The molecule has 170 valence electrons. The molecule has 2 aromatic rings. The molecule has 2 aromatic carbocycles. The average molecular weight is 448 g/mol. The third-order valence-corrected chi connectivity index (χ3v) is 6.92. The molecule has 33 heavy (non-hydrogen) atoms. The number of fused-ring (bicyclic) bond motifs is 3. The summed E-state index contributed by atoms with van der Waals surface area (Å²) < 4.78 is 4.93. The second-order valence-corrected chi connectivity index (χ2v) is 8.63. The molecule has 0 radical (unpaired) electrons. The molecule has 1 unspecified atom stereocenters. The predicted octanol–water partition coefficient (Wildman–Crippen LogP) is 3.80. The molecule has 9 nitrogen and oxygen atoms in total. The van der Waals surface area contributed by atoms with Crippen molar-refractivity contribution < 1.29 is 19.2 Å². The van der Waals surface area contributed by atoms with Crippen molar-refractivity contribution in [2.45, 2.75) is 31.2 Å². The van der Waals surface area contributed by atoms with Gasteiger partial charge in [0.15, 0.2) is 0 Å². The summed E-state index contributed by atoms with van der Waals surface area (Å²) in [5.41, 5.74) is 5.14. The number of rotatable bonds is 2. The number of ether oxygens (including phenoxy) is 1. The molecule has 2 aliphatic heterocycles. The van der Waals surface area contributed by atoms with Crippen LogP contribution in [0.1, 0.15) is 36.3 Å². The van der Waals surface area contributed by atoms with E-state index in [2.05, 4.69) is 17.4 Å². The van der Waals surface area contributed by atoms with Crippen LogP contribution in [0.15, 0.2) is 59.7 Å². The van der Waals surface area contributed by atoms with Crippen molar-refractivity contribution in [1.82, 2.24) is 10.0 Å². The first kappa shape index (κ1) is 21.0. The van der Waals surface area contributed by atoms with E-state index in [4.69, 9.17) is 4.74 Å². The summed E-state index contributed by atoms with van der Waals surface area (Å²) in [6, 6.07) is 15.0. The zero-order chi connectivity index (χ0) is 23.3. The number of amides is 2. The van der Waals surface area contributed by atoms with Gasteiger partial charge in [0.25, 0.3) is 5.69 Å². The quantitative estimate of drug-likeness (QED) is 0.426. The number of non-ortho nitro benzene ring substituents is 1. The van der Waals surface area contributed by atoms with Crippen molar-refractivity contribution >= 4 is 23.4 Å². The summed E-state index contributed by atoms with van der Waals surface area (Å²) in [5.74, 6) is -0.278. The molecular weight excluding hydrogens is 424 g/mol. The summed E-state index contributed by atoms with van der Waals surface area (Å²) in [4.78, 5) is 35.9. The van der Waals surface area contributed by atoms with Gasteiger partial charge in [0.05, 0.1) is 25.1 Å². The molecule has 9 heteroatoms. The molecule has 0 saturated heterocycles. The number of benzene rings is 2. The zero-order valence-electron chi connectivity index (χ0n) is 18.4. The number of carbonyl (C=O) groups is 2. The van der Waals surface area contributed by atoms with Crippen LogP contribution in [-0.2, 0) is 9.53 Å². The van der Waals surface area contributed by atoms with Crippen LogP contribution in [0.4, 0.5) is 16.2 Å². The van der Waals surface area contributed by atoms with Crippen LogP contribution in [0, 0.1) is 10.1 Å². The fourth-order valence-corrected chi connectivity index (χ4v) is 5.47. The number of hydrogen-bond acceptors (Lipinski definition) is 6. The maximum absolute atomic E-state index is 12.5. The fraction of sp³-hybridized carbons (Fsp3) is 0.333. The molecular formula is C24H24N4O5. The van der Waals surface area contributed by atoms with E-state index in [0.717, 1.165) is 28.0 Å². The maximum atomic E-state index is 12.5. The molecule has 2 amide bonds. The van der Waals surface area contributed by atoms with Crippen molar-refractivity contribution in [3.05, 3.63) is 80.9 Å². The van der Waals surface area contributed by atoms with E-state index >= 15 is 0 Å². The largest absolute Gasteiger partial charge is 0.452 e. The van der Waals surface area contributed by atoms with Gasteiger partial charge in [0, 0.05) is 42.6 Å². The molecule has 3 aliphatic rings. The van der Waals surface area contributed by atoms with Crippen LogP contribution in [-0.4, -0.2) is 53.2 Å². The topological polar surface area (TPSA) is 105 Å². The van der Waals surface area contributed by atoms with Crippen molar-refractivity contribution in [1.29, 1.82) is 0 Å². The Morgan fingerprint density at radius 2 is 1.88 bits per heavy atom. The number of anilines is 1. The van der Waals surface area contributed by atoms with Crippen molar-refractivity contribution in [3.8, 4) is 0 Å². The third-order valence-electron chi connectivity index (χ3n) is 6.92. The first-order chi connectivity index (χ1) is 15.9.